The number of nitrogens with two attached hydrogens (primary N) is 2. The van der Waals surface area contributed by atoms with Gasteiger partial charge in [0.05, 0.1) is 6.04 Å². The third kappa shape index (κ3) is 10.4. The van der Waals surface area contributed by atoms with Gasteiger partial charge in [-0.15, -0.1) is 0 Å². The summed E-state index contributed by atoms with van der Waals surface area (Å²) in [4.78, 5) is 65.1. The molecule has 0 spiro atoms. The Morgan fingerprint density at radius 2 is 1.43 bits per heavy atom. The normalized spacial score (nSPS) is 14.1. The van der Waals surface area contributed by atoms with Crippen molar-refractivity contribution in [3.05, 3.63) is 36.0 Å². The number of amides is 4. The highest BCUT2D eigenvalue weighted by Crippen LogP contribution is 2.19. The molecule has 0 aliphatic rings. The first-order chi connectivity index (χ1) is 19.1. The predicted molar refractivity (Wildman–Crippen MR) is 158 cm³/mol. The molecule has 2 aromatic rings. The first-order valence-electron chi connectivity index (χ1n) is 12.8. The molecule has 1 heterocycles. The van der Waals surface area contributed by atoms with Gasteiger partial charge in [-0.3, -0.25) is 19.2 Å². The van der Waals surface area contributed by atoms with E-state index in [4.69, 9.17) is 11.5 Å². The lowest BCUT2D eigenvalue weighted by Crippen LogP contribution is -2.57. The van der Waals surface area contributed by atoms with Gasteiger partial charge in [0, 0.05) is 23.5 Å². The third-order valence-corrected chi connectivity index (χ3v) is 7.52. The quantitative estimate of drug-likeness (QED) is 0.127. The Balaban J connectivity index is 2.10. The molecule has 4 atom stereocenters. The predicted octanol–water partition coefficient (Wildman–Crippen LogP) is 0.348. The van der Waals surface area contributed by atoms with Crippen LogP contribution in [0.15, 0.2) is 30.5 Å². The maximum Gasteiger partial charge on any atom is 0.326 e. The highest BCUT2D eigenvalue weighted by atomic mass is 32.2. The van der Waals surface area contributed by atoms with E-state index in [0.29, 0.717) is 17.9 Å². The molecule has 12 nitrogen and oxygen atoms in total. The van der Waals surface area contributed by atoms with Crippen LogP contribution in [0.2, 0.25) is 0 Å². The Bertz CT molecular complexity index is 1180. The summed E-state index contributed by atoms with van der Waals surface area (Å²) in [7, 11) is 0. The number of hydrogen-bond acceptors (Lipinski definition) is 8. The van der Waals surface area contributed by atoms with Gasteiger partial charge < -0.3 is 37.5 Å². The Morgan fingerprint density at radius 1 is 0.875 bits per heavy atom. The Labute approximate surface area is 241 Å². The highest BCUT2D eigenvalue weighted by Gasteiger charge is 2.30. The molecule has 4 unspecified atom stereocenters. The number of carbonyl (C=O) groups excluding carboxylic acids is 4. The van der Waals surface area contributed by atoms with Crippen LogP contribution in [0.5, 0.6) is 0 Å². The number of H-pyrrole nitrogens is 1. The monoisotopic (exact) mass is 594 g/mol. The fraction of sp³-hybridized carbons (Fsp3) is 0.500. The number of aromatic nitrogens is 1. The summed E-state index contributed by atoms with van der Waals surface area (Å²) in [5.41, 5.74) is 13.1. The van der Waals surface area contributed by atoms with Crippen LogP contribution in [0.4, 0.5) is 0 Å². The molecule has 40 heavy (non-hydrogen) atoms. The minimum absolute atomic E-state index is 0.180. The molecule has 0 aliphatic heterocycles. The van der Waals surface area contributed by atoms with E-state index in [1.807, 2.05) is 36.8 Å². The second kappa shape index (κ2) is 16.8. The van der Waals surface area contributed by atoms with E-state index in [-0.39, 0.29) is 25.7 Å². The van der Waals surface area contributed by atoms with Crippen LogP contribution in [-0.2, 0) is 30.4 Å². The van der Waals surface area contributed by atoms with Crippen molar-refractivity contribution >= 4 is 64.0 Å². The zero-order valence-electron chi connectivity index (χ0n) is 22.6. The molecule has 0 fully saturated rings. The molecule has 0 saturated heterocycles. The van der Waals surface area contributed by atoms with Gasteiger partial charge in [0.1, 0.15) is 18.1 Å². The molecule has 4 amide bonds. The van der Waals surface area contributed by atoms with Gasteiger partial charge in [-0.05, 0) is 61.3 Å². The van der Waals surface area contributed by atoms with Crippen molar-refractivity contribution in [1.82, 2.24) is 20.9 Å². The van der Waals surface area contributed by atoms with Gasteiger partial charge in [-0.2, -0.15) is 23.5 Å². The number of benzene rings is 1. The van der Waals surface area contributed by atoms with Crippen molar-refractivity contribution in [2.75, 3.05) is 24.0 Å². The third-order valence-electron chi connectivity index (χ3n) is 6.23. The number of aliphatic carboxylic acids is 1. The van der Waals surface area contributed by atoms with E-state index in [0.717, 1.165) is 16.5 Å². The number of hydrogen-bond donors (Lipinski definition) is 7. The summed E-state index contributed by atoms with van der Waals surface area (Å²) in [6.45, 7) is 0. The smallest absolute Gasteiger partial charge is 0.326 e. The van der Waals surface area contributed by atoms with Gasteiger partial charge in [0.15, 0.2) is 0 Å². The van der Waals surface area contributed by atoms with E-state index in [1.165, 1.54) is 23.5 Å². The average molecular weight is 595 g/mol. The van der Waals surface area contributed by atoms with Gasteiger partial charge in [-0.25, -0.2) is 4.79 Å². The summed E-state index contributed by atoms with van der Waals surface area (Å²) in [5, 5.41) is 18.2. The number of fused-ring (bicyclic) bond motifs is 1. The van der Waals surface area contributed by atoms with E-state index < -0.39 is 53.8 Å². The molecular weight excluding hydrogens is 556 g/mol. The van der Waals surface area contributed by atoms with Crippen LogP contribution < -0.4 is 27.4 Å². The topological polar surface area (TPSA) is 209 Å². The lowest BCUT2D eigenvalue weighted by Gasteiger charge is -2.25. The van der Waals surface area contributed by atoms with Crippen molar-refractivity contribution < 1.29 is 29.1 Å². The second-order valence-electron chi connectivity index (χ2n) is 9.26. The maximum absolute atomic E-state index is 13.3. The molecule has 2 rings (SSSR count). The minimum Gasteiger partial charge on any atom is -0.480 e. The van der Waals surface area contributed by atoms with Gasteiger partial charge in [0.2, 0.25) is 23.6 Å². The Hall–Kier alpha value is -3.23. The van der Waals surface area contributed by atoms with Gasteiger partial charge in [-0.1, -0.05) is 18.2 Å². The van der Waals surface area contributed by atoms with Crippen LogP contribution in [0, 0.1) is 0 Å². The molecule has 0 bridgehead atoms. The summed E-state index contributed by atoms with van der Waals surface area (Å²) in [5.74, 6) is -2.73. The molecule has 0 saturated carbocycles. The number of nitrogens with one attached hydrogen (secondary N) is 4. The minimum atomic E-state index is -1.34. The number of carboxylic acids is 1. The first kappa shape index (κ1) is 33.0. The maximum atomic E-state index is 13.3. The van der Waals surface area contributed by atoms with E-state index in [1.54, 1.807) is 6.20 Å². The van der Waals surface area contributed by atoms with Crippen molar-refractivity contribution in [2.45, 2.75) is 56.3 Å². The highest BCUT2D eigenvalue weighted by molar-refractivity contribution is 7.98. The van der Waals surface area contributed by atoms with Crippen molar-refractivity contribution in [3.8, 4) is 0 Å². The molecule has 1 aromatic carbocycles. The number of primary amides is 1. The number of rotatable bonds is 18. The summed E-state index contributed by atoms with van der Waals surface area (Å²) in [6.07, 6.45) is 5.88. The Morgan fingerprint density at radius 3 is 1.98 bits per heavy atom. The average Bonchev–Trinajstić information content (AvgIpc) is 3.33. The molecule has 14 heteroatoms. The SMILES string of the molecule is CSCCC(NC(=O)C(N)Cc1c[nH]c2ccccc12)C(=O)NC(CCSC)C(=O)NC(CCC(N)=O)C(=O)O. The number of carbonyl (C=O) groups is 5. The lowest BCUT2D eigenvalue weighted by atomic mass is 10.0. The van der Waals surface area contributed by atoms with Crippen LogP contribution in [-0.4, -0.2) is 87.9 Å². The van der Waals surface area contributed by atoms with Crippen LogP contribution in [0.3, 0.4) is 0 Å². The molecule has 1 aromatic heterocycles. The van der Waals surface area contributed by atoms with Crippen LogP contribution >= 0.6 is 23.5 Å². The molecular formula is C26H38N6O6S2. The van der Waals surface area contributed by atoms with Crippen molar-refractivity contribution in [2.24, 2.45) is 11.5 Å². The number of thioether (sulfide) groups is 2. The van der Waals surface area contributed by atoms with E-state index in [2.05, 4.69) is 20.9 Å². The van der Waals surface area contributed by atoms with Crippen molar-refractivity contribution in [1.29, 1.82) is 0 Å². The Kier molecular flexibility index (Phi) is 13.8. The van der Waals surface area contributed by atoms with E-state index >= 15 is 0 Å². The molecule has 9 N–H and O–H groups in total. The first-order valence-corrected chi connectivity index (χ1v) is 15.6. The summed E-state index contributed by atoms with van der Waals surface area (Å²) < 4.78 is 0. The zero-order chi connectivity index (χ0) is 29.7. The molecule has 0 radical (unpaired) electrons. The molecule has 220 valence electrons. The van der Waals surface area contributed by atoms with Crippen LogP contribution in [0.25, 0.3) is 10.9 Å². The lowest BCUT2D eigenvalue weighted by molar-refractivity contribution is -0.142. The second-order valence-corrected chi connectivity index (χ2v) is 11.2. The van der Waals surface area contributed by atoms with Crippen molar-refractivity contribution in [3.63, 3.8) is 0 Å². The standard InChI is InChI=1S/C26H38N6O6S2/c1-39-11-9-19(30-23(34)17(27)13-15-14-29-18-6-4-3-5-16(15)18)24(35)31-20(10-12-40-2)25(36)32-21(26(37)38)7-8-22(28)33/h3-6,14,17,19-21,29H,7-13,27H2,1-2H3,(H2,28,33)(H,30,34)(H,31,35)(H,32,36)(H,37,38). The van der Waals surface area contributed by atoms with Gasteiger partial charge in [0.25, 0.3) is 0 Å². The fourth-order valence-electron chi connectivity index (χ4n) is 4.01. The molecule has 0 aliphatic carbocycles. The number of carboxylic acid groups (broad SMARTS) is 1. The number of para-hydroxylation sites is 1. The summed E-state index contributed by atoms with van der Waals surface area (Å²) >= 11 is 2.95. The zero-order valence-corrected chi connectivity index (χ0v) is 24.2. The van der Waals surface area contributed by atoms with E-state index in [9.17, 15) is 29.1 Å². The largest absolute Gasteiger partial charge is 0.480 e. The number of aromatic amines is 1. The van der Waals surface area contributed by atoms with Crippen LogP contribution in [0.1, 0.15) is 31.2 Å². The van der Waals surface area contributed by atoms with Gasteiger partial charge >= 0.3 is 5.97 Å². The fourth-order valence-corrected chi connectivity index (χ4v) is 4.95. The summed E-state index contributed by atoms with van der Waals surface area (Å²) in [6, 6.07) is 3.39.